The minimum absolute atomic E-state index is 0.00757. The third-order valence-electron chi connectivity index (χ3n) is 6.15. The molecule has 1 N–H and O–H groups in total. The molecule has 4 rings (SSSR count). The van der Waals surface area contributed by atoms with Crippen LogP contribution < -0.4 is 14.8 Å². The van der Waals surface area contributed by atoms with Crippen LogP contribution in [0.5, 0.6) is 11.5 Å². The zero-order chi connectivity index (χ0) is 21.0. The summed E-state index contributed by atoms with van der Waals surface area (Å²) in [6.45, 7) is 1.30. The van der Waals surface area contributed by atoms with Crippen molar-refractivity contribution in [3.05, 3.63) is 60.2 Å². The summed E-state index contributed by atoms with van der Waals surface area (Å²) in [5.41, 5.74) is 0.769. The topological polar surface area (TPSA) is 67.9 Å². The fourth-order valence-corrected chi connectivity index (χ4v) is 4.48. The average Bonchev–Trinajstić information content (AvgIpc) is 2.78. The van der Waals surface area contributed by atoms with Gasteiger partial charge >= 0.3 is 0 Å². The lowest BCUT2D eigenvalue weighted by Gasteiger charge is -2.46. The van der Waals surface area contributed by atoms with Crippen LogP contribution in [0.1, 0.15) is 37.2 Å². The monoisotopic (exact) mass is 408 g/mol. The van der Waals surface area contributed by atoms with Gasteiger partial charge in [-0.1, -0.05) is 36.4 Å². The van der Waals surface area contributed by atoms with E-state index < -0.39 is 0 Å². The zero-order valence-electron chi connectivity index (χ0n) is 17.3. The normalized spacial score (nSPS) is 19.5. The van der Waals surface area contributed by atoms with E-state index >= 15 is 0 Å². The van der Waals surface area contributed by atoms with Crippen LogP contribution in [0.25, 0.3) is 0 Å². The Morgan fingerprint density at radius 1 is 1.10 bits per heavy atom. The first-order chi connectivity index (χ1) is 14.6. The van der Waals surface area contributed by atoms with E-state index in [4.69, 9.17) is 9.47 Å². The van der Waals surface area contributed by atoms with Gasteiger partial charge in [-0.15, -0.1) is 0 Å². The van der Waals surface area contributed by atoms with Crippen molar-refractivity contribution in [2.75, 3.05) is 26.7 Å². The van der Waals surface area contributed by atoms with Crippen molar-refractivity contribution in [1.29, 1.82) is 0 Å². The number of nitrogens with zero attached hydrogens (tertiary/aromatic N) is 1. The van der Waals surface area contributed by atoms with Crippen molar-refractivity contribution in [3.63, 3.8) is 0 Å². The molecule has 1 fully saturated rings. The fourth-order valence-electron chi connectivity index (χ4n) is 4.48. The molecule has 0 aromatic heterocycles. The number of carbonyl (C=O) groups is 2. The van der Waals surface area contributed by atoms with Crippen molar-refractivity contribution in [3.8, 4) is 11.5 Å². The lowest BCUT2D eigenvalue weighted by molar-refractivity contribution is -0.137. The number of amides is 2. The molecule has 6 nitrogen and oxygen atoms in total. The highest BCUT2D eigenvalue weighted by Gasteiger charge is 2.44. The summed E-state index contributed by atoms with van der Waals surface area (Å²) in [6.07, 6.45) is 2.75. The predicted octanol–water partition coefficient (Wildman–Crippen LogP) is 3.13. The van der Waals surface area contributed by atoms with Crippen LogP contribution in [0.3, 0.4) is 0 Å². The van der Waals surface area contributed by atoms with E-state index in [0.717, 1.165) is 30.6 Å². The van der Waals surface area contributed by atoms with Gasteiger partial charge in [0.1, 0.15) is 17.1 Å². The van der Waals surface area contributed by atoms with E-state index in [1.54, 1.807) is 7.05 Å². The van der Waals surface area contributed by atoms with Gasteiger partial charge in [0.15, 0.2) is 6.61 Å². The maximum Gasteiger partial charge on any atom is 0.260 e. The Balaban J connectivity index is 1.39. The minimum atomic E-state index is -0.329. The highest BCUT2D eigenvalue weighted by atomic mass is 16.5. The van der Waals surface area contributed by atoms with Crippen LogP contribution in [-0.4, -0.2) is 49.1 Å². The van der Waals surface area contributed by atoms with Gasteiger partial charge in [0.2, 0.25) is 5.91 Å². The number of piperidine rings is 1. The van der Waals surface area contributed by atoms with Crippen molar-refractivity contribution in [2.24, 2.45) is 0 Å². The summed E-state index contributed by atoms with van der Waals surface area (Å²) in [4.78, 5) is 26.5. The molecule has 2 aromatic carbocycles. The molecule has 0 bridgehead atoms. The van der Waals surface area contributed by atoms with E-state index in [1.807, 2.05) is 53.4 Å². The number of nitrogens with one attached hydrogen (secondary N) is 1. The number of ether oxygens (including phenoxy) is 2. The molecule has 2 amide bonds. The Morgan fingerprint density at radius 3 is 2.53 bits per heavy atom. The first-order valence-corrected chi connectivity index (χ1v) is 10.5. The molecule has 2 aliphatic rings. The Morgan fingerprint density at radius 2 is 1.80 bits per heavy atom. The van der Waals surface area contributed by atoms with Gasteiger partial charge < -0.3 is 19.7 Å². The lowest BCUT2D eigenvalue weighted by Crippen LogP contribution is -2.52. The van der Waals surface area contributed by atoms with E-state index in [9.17, 15) is 9.59 Å². The second kappa shape index (κ2) is 8.78. The van der Waals surface area contributed by atoms with Gasteiger partial charge in [-0.2, -0.15) is 0 Å². The largest absolute Gasteiger partial charge is 0.487 e. The maximum absolute atomic E-state index is 12.6. The van der Waals surface area contributed by atoms with Crippen LogP contribution in [0, 0.1) is 0 Å². The average molecular weight is 408 g/mol. The van der Waals surface area contributed by atoms with Gasteiger partial charge in [0, 0.05) is 45.3 Å². The SMILES string of the molecule is CNC(=O)CC1CC2(CCN(C(=O)COc3ccccc3)CC2)Oc2ccccc21. The summed E-state index contributed by atoms with van der Waals surface area (Å²) in [5, 5.41) is 2.74. The molecule has 1 unspecified atom stereocenters. The van der Waals surface area contributed by atoms with Crippen molar-refractivity contribution < 1.29 is 19.1 Å². The predicted molar refractivity (Wildman–Crippen MR) is 114 cm³/mol. The molecule has 0 radical (unpaired) electrons. The second-order valence-electron chi connectivity index (χ2n) is 8.08. The van der Waals surface area contributed by atoms with Gasteiger partial charge in [-0.25, -0.2) is 0 Å². The molecule has 0 aliphatic carbocycles. The zero-order valence-corrected chi connectivity index (χ0v) is 17.3. The van der Waals surface area contributed by atoms with E-state index in [1.165, 1.54) is 0 Å². The first kappa shape index (κ1) is 20.3. The molecular weight excluding hydrogens is 380 g/mol. The van der Waals surface area contributed by atoms with Crippen LogP contribution in [0.15, 0.2) is 54.6 Å². The summed E-state index contributed by atoms with van der Waals surface area (Å²) in [5.74, 6) is 1.72. The minimum Gasteiger partial charge on any atom is -0.487 e. The molecule has 2 aliphatic heterocycles. The summed E-state index contributed by atoms with van der Waals surface area (Å²) < 4.78 is 12.1. The van der Waals surface area contributed by atoms with Crippen LogP contribution in [-0.2, 0) is 9.59 Å². The van der Waals surface area contributed by atoms with E-state index in [0.29, 0.717) is 25.3 Å². The number of carbonyl (C=O) groups excluding carboxylic acids is 2. The van der Waals surface area contributed by atoms with Crippen LogP contribution in [0.2, 0.25) is 0 Å². The van der Waals surface area contributed by atoms with E-state index in [-0.39, 0.29) is 29.9 Å². The molecule has 0 saturated carbocycles. The molecule has 30 heavy (non-hydrogen) atoms. The molecule has 1 spiro atoms. The summed E-state index contributed by atoms with van der Waals surface area (Å²) in [6, 6.07) is 17.4. The molecule has 1 atom stereocenters. The number of hydrogen-bond donors (Lipinski definition) is 1. The van der Waals surface area contributed by atoms with Crippen LogP contribution in [0.4, 0.5) is 0 Å². The first-order valence-electron chi connectivity index (χ1n) is 10.5. The van der Waals surface area contributed by atoms with Gasteiger partial charge in [0.25, 0.3) is 5.91 Å². The Hall–Kier alpha value is -3.02. The quantitative estimate of drug-likeness (QED) is 0.825. The number of fused-ring (bicyclic) bond motifs is 1. The highest BCUT2D eigenvalue weighted by Crippen LogP contribution is 2.46. The van der Waals surface area contributed by atoms with Crippen molar-refractivity contribution in [2.45, 2.75) is 37.2 Å². The lowest BCUT2D eigenvalue weighted by atomic mass is 9.76. The fraction of sp³-hybridized carbons (Fsp3) is 0.417. The Kier molecular flexibility index (Phi) is 5.93. The molecule has 6 heteroatoms. The number of rotatable bonds is 5. The summed E-state index contributed by atoms with van der Waals surface area (Å²) >= 11 is 0. The van der Waals surface area contributed by atoms with E-state index in [2.05, 4.69) is 11.4 Å². The molecule has 1 saturated heterocycles. The second-order valence-corrected chi connectivity index (χ2v) is 8.08. The standard InChI is InChI=1S/C24H28N2O4/c1-25-22(27)15-18-16-24(30-21-10-6-5-9-20(18)21)11-13-26(14-12-24)23(28)17-29-19-7-3-2-4-8-19/h2-10,18H,11-17H2,1H3,(H,25,27). The third-order valence-corrected chi connectivity index (χ3v) is 6.15. The third kappa shape index (κ3) is 4.42. The van der Waals surface area contributed by atoms with Gasteiger partial charge in [0.05, 0.1) is 0 Å². The Bertz CT molecular complexity index is 891. The number of para-hydroxylation sites is 2. The van der Waals surface area contributed by atoms with Gasteiger partial charge in [-0.05, 0) is 30.2 Å². The van der Waals surface area contributed by atoms with Crippen molar-refractivity contribution in [1.82, 2.24) is 10.2 Å². The number of benzene rings is 2. The number of likely N-dealkylation sites (tertiary alicyclic amines) is 1. The maximum atomic E-state index is 12.6. The molecular formula is C24H28N2O4. The van der Waals surface area contributed by atoms with Gasteiger partial charge in [-0.3, -0.25) is 9.59 Å². The summed E-state index contributed by atoms with van der Waals surface area (Å²) in [7, 11) is 1.67. The molecule has 158 valence electrons. The molecule has 2 heterocycles. The molecule has 2 aromatic rings. The number of hydrogen-bond acceptors (Lipinski definition) is 4. The smallest absolute Gasteiger partial charge is 0.260 e. The highest BCUT2D eigenvalue weighted by molar-refractivity contribution is 5.78. The Labute approximate surface area is 177 Å². The van der Waals surface area contributed by atoms with Crippen LogP contribution >= 0.6 is 0 Å². The van der Waals surface area contributed by atoms with Crippen molar-refractivity contribution >= 4 is 11.8 Å².